The number of benzene rings is 1. The summed E-state index contributed by atoms with van der Waals surface area (Å²) in [5.74, 6) is -0.356. The van der Waals surface area contributed by atoms with E-state index in [4.69, 9.17) is 5.73 Å². The summed E-state index contributed by atoms with van der Waals surface area (Å²) in [5.41, 5.74) is 5.90. The van der Waals surface area contributed by atoms with Crippen molar-refractivity contribution in [1.29, 1.82) is 0 Å². The Labute approximate surface area is 171 Å². The van der Waals surface area contributed by atoms with E-state index < -0.39 is 11.0 Å². The molecule has 9 heteroatoms. The molecule has 2 amide bonds. The number of rotatable bonds is 13. The largest absolute Gasteiger partial charge is 0.344 e. The molecule has 0 saturated carbocycles. The van der Waals surface area contributed by atoms with Crippen LogP contribution in [0.25, 0.3) is 0 Å². The molecule has 0 fully saturated rings. The van der Waals surface area contributed by atoms with Gasteiger partial charge in [0.1, 0.15) is 6.04 Å². The number of unbranched alkanes of at least 4 members (excludes halogenated alkanes) is 2. The maximum absolute atomic E-state index is 12.7. The van der Waals surface area contributed by atoms with Crippen molar-refractivity contribution in [3.8, 4) is 0 Å². The number of nitro groups is 1. The van der Waals surface area contributed by atoms with Crippen molar-refractivity contribution in [3.05, 3.63) is 34.4 Å². The summed E-state index contributed by atoms with van der Waals surface area (Å²) in [6.45, 7) is 2.57. The lowest BCUT2D eigenvalue weighted by atomic mass is 10.0. The van der Waals surface area contributed by atoms with E-state index in [1.54, 1.807) is 0 Å². The molecule has 0 heterocycles. The number of nitrogens with zero attached hydrogens (tertiary/aromatic N) is 1. The van der Waals surface area contributed by atoms with Crippen molar-refractivity contribution in [1.82, 2.24) is 5.32 Å². The number of amides is 2. The predicted molar refractivity (Wildman–Crippen MR) is 113 cm³/mol. The fraction of sp³-hybridized carbons (Fsp3) is 0.579. The van der Waals surface area contributed by atoms with E-state index in [9.17, 15) is 19.7 Å². The first kappa shape index (κ1) is 23.9. The molecule has 156 valence electrons. The van der Waals surface area contributed by atoms with Gasteiger partial charge in [-0.3, -0.25) is 19.7 Å². The number of nitro benzene ring substituents is 1. The molecule has 0 unspecified atom stereocenters. The number of thiol groups is 1. The van der Waals surface area contributed by atoms with E-state index in [0.29, 0.717) is 30.8 Å². The molecular formula is C19H30N4O4S. The predicted octanol–water partition coefficient (Wildman–Crippen LogP) is 2.88. The van der Waals surface area contributed by atoms with Crippen LogP contribution in [0.4, 0.5) is 11.4 Å². The number of nitrogens with two attached hydrogens (primary N) is 1. The highest BCUT2D eigenvalue weighted by Gasteiger charge is 2.24. The lowest BCUT2D eigenvalue weighted by Crippen LogP contribution is -2.46. The number of anilines is 1. The van der Waals surface area contributed by atoms with Gasteiger partial charge in [-0.1, -0.05) is 19.8 Å². The summed E-state index contributed by atoms with van der Waals surface area (Å²) in [6, 6.07) is 4.87. The summed E-state index contributed by atoms with van der Waals surface area (Å²) >= 11 is 4.26. The van der Waals surface area contributed by atoms with Gasteiger partial charge in [-0.25, -0.2) is 0 Å². The summed E-state index contributed by atoms with van der Waals surface area (Å²) in [7, 11) is 0. The van der Waals surface area contributed by atoms with Crippen molar-refractivity contribution in [2.24, 2.45) is 11.7 Å². The van der Waals surface area contributed by atoms with Crippen LogP contribution >= 0.6 is 12.6 Å². The van der Waals surface area contributed by atoms with Crippen molar-refractivity contribution in [2.75, 3.05) is 17.6 Å². The van der Waals surface area contributed by atoms with Crippen LogP contribution in [0, 0.1) is 16.0 Å². The van der Waals surface area contributed by atoms with Gasteiger partial charge in [-0.2, -0.15) is 12.6 Å². The van der Waals surface area contributed by atoms with Crippen molar-refractivity contribution in [3.63, 3.8) is 0 Å². The monoisotopic (exact) mass is 410 g/mol. The Morgan fingerprint density at radius 3 is 2.36 bits per heavy atom. The van der Waals surface area contributed by atoms with Gasteiger partial charge in [-0.15, -0.1) is 0 Å². The molecule has 1 aromatic rings. The molecule has 4 N–H and O–H groups in total. The number of hydrogen-bond donors (Lipinski definition) is 4. The van der Waals surface area contributed by atoms with E-state index in [1.165, 1.54) is 24.3 Å². The average Bonchev–Trinajstić information content (AvgIpc) is 2.68. The summed E-state index contributed by atoms with van der Waals surface area (Å²) in [5, 5.41) is 16.3. The summed E-state index contributed by atoms with van der Waals surface area (Å²) in [4.78, 5) is 35.5. The van der Waals surface area contributed by atoms with Gasteiger partial charge in [-0.05, 0) is 44.4 Å². The Bertz CT molecular complexity index is 639. The molecule has 28 heavy (non-hydrogen) atoms. The Hall–Kier alpha value is -2.13. The van der Waals surface area contributed by atoms with Gasteiger partial charge in [0.25, 0.3) is 5.69 Å². The Balaban J connectivity index is 2.79. The third kappa shape index (κ3) is 8.26. The molecule has 2 atom stereocenters. The quantitative estimate of drug-likeness (QED) is 0.172. The molecule has 0 aromatic heterocycles. The third-order valence-electron chi connectivity index (χ3n) is 4.42. The molecule has 0 aliphatic rings. The number of carbonyl (C=O) groups excluding carboxylic acids is 2. The zero-order valence-corrected chi connectivity index (χ0v) is 17.1. The first-order valence-electron chi connectivity index (χ1n) is 9.59. The highest BCUT2D eigenvalue weighted by Crippen LogP contribution is 2.17. The minimum atomic E-state index is -0.696. The average molecular weight is 411 g/mol. The van der Waals surface area contributed by atoms with Gasteiger partial charge in [0.2, 0.25) is 11.8 Å². The number of carbonyl (C=O) groups is 2. The highest BCUT2D eigenvalue weighted by molar-refractivity contribution is 7.80. The second kappa shape index (κ2) is 13.1. The Kier molecular flexibility index (Phi) is 11.2. The minimum absolute atomic E-state index is 0.0571. The van der Waals surface area contributed by atoms with Crippen LogP contribution in [0.3, 0.4) is 0 Å². The normalized spacial score (nSPS) is 12.8. The molecular weight excluding hydrogens is 380 g/mol. The van der Waals surface area contributed by atoms with E-state index in [0.717, 1.165) is 25.7 Å². The molecule has 0 aliphatic carbocycles. The van der Waals surface area contributed by atoms with E-state index in [1.807, 2.05) is 0 Å². The van der Waals surface area contributed by atoms with E-state index >= 15 is 0 Å². The highest BCUT2D eigenvalue weighted by atomic mass is 32.1. The smallest absolute Gasteiger partial charge is 0.269 e. The summed E-state index contributed by atoms with van der Waals surface area (Å²) in [6.07, 6.45) is 4.56. The maximum atomic E-state index is 12.7. The molecule has 0 radical (unpaired) electrons. The zero-order valence-electron chi connectivity index (χ0n) is 16.2. The number of non-ortho nitro benzene ring substituents is 1. The van der Waals surface area contributed by atoms with Gasteiger partial charge >= 0.3 is 0 Å². The van der Waals surface area contributed by atoms with E-state index in [-0.39, 0.29) is 23.4 Å². The SMILES string of the molecule is CCCC[C@H](CS)C(=O)N[C@@H](CCCCN)C(=O)Nc1ccc([N+](=O)[O-])cc1. The number of nitrogens with one attached hydrogen (secondary N) is 2. The van der Waals surface area contributed by atoms with Crippen LogP contribution < -0.4 is 16.4 Å². The molecule has 0 bridgehead atoms. The fourth-order valence-corrected chi connectivity index (χ4v) is 3.05. The van der Waals surface area contributed by atoms with Gasteiger partial charge in [0.15, 0.2) is 0 Å². The maximum Gasteiger partial charge on any atom is 0.269 e. The second-order valence-corrected chi connectivity index (χ2v) is 7.03. The van der Waals surface area contributed by atoms with Crippen molar-refractivity contribution < 1.29 is 14.5 Å². The summed E-state index contributed by atoms with van der Waals surface area (Å²) < 4.78 is 0. The zero-order chi connectivity index (χ0) is 20.9. The molecule has 0 spiro atoms. The van der Waals surface area contributed by atoms with Gasteiger partial charge < -0.3 is 16.4 Å². The topological polar surface area (TPSA) is 127 Å². The van der Waals surface area contributed by atoms with Gasteiger partial charge in [0, 0.05) is 29.5 Å². The van der Waals surface area contributed by atoms with Gasteiger partial charge in [0.05, 0.1) is 4.92 Å². The first-order valence-corrected chi connectivity index (χ1v) is 10.2. The Morgan fingerprint density at radius 1 is 1.14 bits per heavy atom. The van der Waals surface area contributed by atoms with Crippen LogP contribution in [-0.2, 0) is 9.59 Å². The molecule has 1 rings (SSSR count). The molecule has 8 nitrogen and oxygen atoms in total. The molecule has 0 saturated heterocycles. The van der Waals surface area contributed by atoms with Crippen molar-refractivity contribution in [2.45, 2.75) is 51.5 Å². The van der Waals surface area contributed by atoms with Crippen LogP contribution in [0.2, 0.25) is 0 Å². The first-order chi connectivity index (χ1) is 13.4. The lowest BCUT2D eigenvalue weighted by Gasteiger charge is -2.21. The molecule has 1 aromatic carbocycles. The third-order valence-corrected chi connectivity index (χ3v) is 4.86. The minimum Gasteiger partial charge on any atom is -0.344 e. The number of hydrogen-bond acceptors (Lipinski definition) is 6. The Morgan fingerprint density at radius 2 is 1.82 bits per heavy atom. The van der Waals surface area contributed by atoms with Crippen LogP contribution in [0.5, 0.6) is 0 Å². The standard InChI is InChI=1S/C19H30N4O4S/c1-2-3-6-14(13-28)18(24)22-17(7-4-5-12-20)19(25)21-15-8-10-16(11-9-15)23(26)27/h8-11,14,17,28H,2-7,12-13,20H2,1H3,(H,21,25)(H,22,24)/t14-,17+/m1/s1. The lowest BCUT2D eigenvalue weighted by molar-refractivity contribution is -0.384. The van der Waals surface area contributed by atoms with Crippen LogP contribution in [0.15, 0.2) is 24.3 Å². The van der Waals surface area contributed by atoms with Crippen LogP contribution in [-0.4, -0.2) is 35.1 Å². The van der Waals surface area contributed by atoms with E-state index in [2.05, 4.69) is 30.2 Å². The second-order valence-electron chi connectivity index (χ2n) is 6.66. The fourth-order valence-electron chi connectivity index (χ4n) is 2.70. The molecule has 0 aliphatic heterocycles. The van der Waals surface area contributed by atoms with Crippen molar-refractivity contribution >= 4 is 35.8 Å². The van der Waals surface area contributed by atoms with Crippen LogP contribution in [0.1, 0.15) is 45.4 Å².